The molecule has 2 atom stereocenters. The lowest BCUT2D eigenvalue weighted by atomic mass is 9.94. The lowest BCUT2D eigenvalue weighted by molar-refractivity contribution is 0.206. The topological polar surface area (TPSA) is 28.2 Å². The molecule has 88 valence electrons. The molecule has 16 heavy (non-hydrogen) atoms. The van der Waals surface area contributed by atoms with Gasteiger partial charge >= 0.3 is 0 Å². The van der Waals surface area contributed by atoms with E-state index in [2.05, 4.69) is 41.3 Å². The number of aromatic nitrogens is 1. The van der Waals surface area contributed by atoms with Crippen LogP contribution in [0.4, 0.5) is 5.82 Å². The van der Waals surface area contributed by atoms with Crippen LogP contribution in [0.1, 0.15) is 19.0 Å². The molecule has 0 aromatic carbocycles. The number of hydrogen-bond donors (Lipinski definition) is 1. The number of hydrogen-bond acceptors (Lipinski definition) is 3. The first-order chi connectivity index (χ1) is 7.65. The molecule has 1 aliphatic heterocycles. The van der Waals surface area contributed by atoms with Gasteiger partial charge in [-0.15, -0.1) is 0 Å². The van der Waals surface area contributed by atoms with Gasteiger partial charge in [-0.25, -0.2) is 4.98 Å². The van der Waals surface area contributed by atoms with Crippen molar-refractivity contribution in [1.82, 2.24) is 9.88 Å². The second-order valence-electron chi connectivity index (χ2n) is 4.94. The molecule has 3 heteroatoms. The summed E-state index contributed by atoms with van der Waals surface area (Å²) >= 11 is 0. The minimum atomic E-state index is 0.561. The van der Waals surface area contributed by atoms with E-state index < -0.39 is 0 Å². The van der Waals surface area contributed by atoms with Gasteiger partial charge in [0.2, 0.25) is 0 Å². The molecular weight excluding hydrogens is 198 g/mol. The first-order valence-electron chi connectivity index (χ1n) is 6.04. The van der Waals surface area contributed by atoms with Crippen molar-refractivity contribution in [2.45, 2.75) is 26.3 Å². The predicted octanol–water partition coefficient (Wildman–Crippen LogP) is 2.14. The van der Waals surface area contributed by atoms with Crippen LogP contribution in [0.25, 0.3) is 0 Å². The van der Waals surface area contributed by atoms with Crippen LogP contribution in [0.5, 0.6) is 0 Å². The number of nitrogens with one attached hydrogen (secondary N) is 1. The molecule has 1 aliphatic rings. The molecule has 0 bridgehead atoms. The lowest BCUT2D eigenvalue weighted by Crippen LogP contribution is -2.43. The van der Waals surface area contributed by atoms with Crippen LogP contribution in [0.2, 0.25) is 0 Å². The minimum absolute atomic E-state index is 0.561. The Kier molecular flexibility index (Phi) is 3.44. The van der Waals surface area contributed by atoms with Gasteiger partial charge in [0.1, 0.15) is 5.82 Å². The maximum Gasteiger partial charge on any atom is 0.126 e. The van der Waals surface area contributed by atoms with Crippen LogP contribution < -0.4 is 5.32 Å². The second kappa shape index (κ2) is 4.83. The van der Waals surface area contributed by atoms with Gasteiger partial charge in [0.05, 0.1) is 0 Å². The van der Waals surface area contributed by atoms with Crippen LogP contribution in [0.15, 0.2) is 18.2 Å². The highest BCUT2D eigenvalue weighted by molar-refractivity contribution is 5.36. The molecule has 0 aliphatic carbocycles. The maximum absolute atomic E-state index is 4.50. The van der Waals surface area contributed by atoms with E-state index >= 15 is 0 Å². The van der Waals surface area contributed by atoms with E-state index in [0.717, 1.165) is 11.5 Å². The van der Waals surface area contributed by atoms with E-state index in [4.69, 9.17) is 0 Å². The fourth-order valence-corrected chi connectivity index (χ4v) is 2.38. The molecular formula is C13H21N3. The first kappa shape index (κ1) is 11.4. The van der Waals surface area contributed by atoms with Crippen molar-refractivity contribution in [2.75, 3.05) is 25.5 Å². The molecule has 3 nitrogen and oxygen atoms in total. The Morgan fingerprint density at radius 2 is 2.25 bits per heavy atom. The normalized spacial score (nSPS) is 26.7. The summed E-state index contributed by atoms with van der Waals surface area (Å²) < 4.78 is 0. The van der Waals surface area contributed by atoms with Gasteiger partial charge in [-0.2, -0.15) is 0 Å². The molecule has 0 radical (unpaired) electrons. The SMILES string of the molecule is Cc1cccc(NC2CCN(C)CC2C)n1. The quantitative estimate of drug-likeness (QED) is 0.826. The highest BCUT2D eigenvalue weighted by atomic mass is 15.1. The smallest absolute Gasteiger partial charge is 0.126 e. The number of aryl methyl sites for hydroxylation is 1. The third kappa shape index (κ3) is 2.73. The van der Waals surface area contributed by atoms with Crippen molar-refractivity contribution >= 4 is 5.82 Å². The van der Waals surface area contributed by atoms with Crippen LogP contribution in [-0.4, -0.2) is 36.1 Å². The van der Waals surface area contributed by atoms with Crippen molar-refractivity contribution in [2.24, 2.45) is 5.92 Å². The summed E-state index contributed by atoms with van der Waals surface area (Å²) in [7, 11) is 2.19. The fourth-order valence-electron chi connectivity index (χ4n) is 2.38. The zero-order valence-electron chi connectivity index (χ0n) is 10.4. The van der Waals surface area contributed by atoms with Gasteiger partial charge in [0.25, 0.3) is 0 Å². The van der Waals surface area contributed by atoms with Gasteiger partial charge < -0.3 is 10.2 Å². The van der Waals surface area contributed by atoms with Crippen LogP contribution in [0, 0.1) is 12.8 Å². The van der Waals surface area contributed by atoms with Crippen LogP contribution in [0.3, 0.4) is 0 Å². The van der Waals surface area contributed by atoms with Gasteiger partial charge in [-0.3, -0.25) is 0 Å². The molecule has 0 spiro atoms. The number of pyridine rings is 1. The second-order valence-corrected chi connectivity index (χ2v) is 4.94. The minimum Gasteiger partial charge on any atom is -0.367 e. The molecule has 1 fully saturated rings. The van der Waals surface area contributed by atoms with E-state index in [1.807, 2.05) is 13.0 Å². The predicted molar refractivity (Wildman–Crippen MR) is 67.7 cm³/mol. The summed E-state index contributed by atoms with van der Waals surface area (Å²) in [5.41, 5.74) is 1.07. The van der Waals surface area contributed by atoms with Gasteiger partial charge in [0.15, 0.2) is 0 Å². The van der Waals surface area contributed by atoms with E-state index in [1.165, 1.54) is 19.5 Å². The summed E-state index contributed by atoms with van der Waals surface area (Å²) in [6, 6.07) is 6.71. The summed E-state index contributed by atoms with van der Waals surface area (Å²) in [6.07, 6.45) is 1.20. The Hall–Kier alpha value is -1.09. The standard InChI is InChI=1S/C13H21N3/c1-10-9-16(3)8-7-12(10)15-13-6-4-5-11(2)14-13/h4-6,10,12H,7-9H2,1-3H3,(H,14,15). The van der Waals surface area contributed by atoms with E-state index in [-0.39, 0.29) is 0 Å². The molecule has 1 aromatic heterocycles. The Morgan fingerprint density at radius 3 is 2.94 bits per heavy atom. The number of rotatable bonds is 2. The molecule has 2 heterocycles. The molecule has 2 unspecified atom stereocenters. The van der Waals surface area contributed by atoms with Gasteiger partial charge in [0, 0.05) is 18.3 Å². The molecule has 0 saturated carbocycles. The fraction of sp³-hybridized carbons (Fsp3) is 0.615. The highest BCUT2D eigenvalue weighted by Crippen LogP contribution is 2.19. The van der Waals surface area contributed by atoms with Gasteiger partial charge in [-0.1, -0.05) is 13.0 Å². The van der Waals surface area contributed by atoms with Crippen molar-refractivity contribution < 1.29 is 0 Å². The van der Waals surface area contributed by atoms with Crippen LogP contribution >= 0.6 is 0 Å². The van der Waals surface area contributed by atoms with E-state index in [9.17, 15) is 0 Å². The maximum atomic E-state index is 4.50. The lowest BCUT2D eigenvalue weighted by Gasteiger charge is -2.35. The Morgan fingerprint density at radius 1 is 1.44 bits per heavy atom. The molecule has 0 amide bonds. The molecule has 2 rings (SSSR count). The zero-order chi connectivity index (χ0) is 11.5. The number of anilines is 1. The third-order valence-corrected chi connectivity index (χ3v) is 3.33. The van der Waals surface area contributed by atoms with Crippen molar-refractivity contribution in [3.05, 3.63) is 23.9 Å². The average molecular weight is 219 g/mol. The highest BCUT2D eigenvalue weighted by Gasteiger charge is 2.23. The van der Waals surface area contributed by atoms with Crippen molar-refractivity contribution in [3.63, 3.8) is 0 Å². The molecule has 1 saturated heterocycles. The number of nitrogens with zero attached hydrogens (tertiary/aromatic N) is 2. The summed E-state index contributed by atoms with van der Waals surface area (Å²) in [4.78, 5) is 6.89. The first-order valence-corrected chi connectivity index (χ1v) is 6.04. The average Bonchev–Trinajstić information content (AvgIpc) is 2.22. The Labute approximate surface area is 97.9 Å². The van der Waals surface area contributed by atoms with E-state index in [1.54, 1.807) is 0 Å². The van der Waals surface area contributed by atoms with Gasteiger partial charge in [-0.05, 0) is 45.0 Å². The molecule has 1 aromatic rings. The van der Waals surface area contributed by atoms with Crippen LogP contribution in [-0.2, 0) is 0 Å². The summed E-state index contributed by atoms with van der Waals surface area (Å²) in [5, 5.41) is 3.55. The summed E-state index contributed by atoms with van der Waals surface area (Å²) in [6.45, 7) is 6.68. The van der Waals surface area contributed by atoms with E-state index in [0.29, 0.717) is 12.0 Å². The van der Waals surface area contributed by atoms with Crippen molar-refractivity contribution in [3.8, 4) is 0 Å². The largest absolute Gasteiger partial charge is 0.367 e. The monoisotopic (exact) mass is 219 g/mol. The number of likely N-dealkylation sites (tertiary alicyclic amines) is 1. The zero-order valence-corrected chi connectivity index (χ0v) is 10.4. The third-order valence-electron chi connectivity index (χ3n) is 3.33. The number of piperidine rings is 1. The molecule has 1 N–H and O–H groups in total. The Bertz CT molecular complexity index is 351. The Balaban J connectivity index is 1.99. The van der Waals surface area contributed by atoms with Crippen molar-refractivity contribution in [1.29, 1.82) is 0 Å². The summed E-state index contributed by atoms with van der Waals surface area (Å²) in [5.74, 6) is 1.70.